The minimum atomic E-state index is -0.398. The molecule has 1 heterocycles. The molecule has 0 aliphatic carbocycles. The van der Waals surface area contributed by atoms with Crippen molar-refractivity contribution in [2.75, 3.05) is 39.3 Å². The molecule has 0 radical (unpaired) electrons. The quantitative estimate of drug-likeness (QED) is 0.221. The molecule has 1 atom stereocenters. The second kappa shape index (κ2) is 12.3. The Kier molecular flexibility index (Phi) is 9.20. The lowest BCUT2D eigenvalue weighted by Gasteiger charge is -2.36. The number of benzene rings is 2. The molecule has 33 heavy (non-hydrogen) atoms. The van der Waals surface area contributed by atoms with Gasteiger partial charge < -0.3 is 26.0 Å². The number of rotatable bonds is 9. The molecule has 1 aliphatic rings. The van der Waals surface area contributed by atoms with Crippen LogP contribution in [0.15, 0.2) is 52.4 Å². The summed E-state index contributed by atoms with van der Waals surface area (Å²) >= 11 is 1.44. The second-order valence-corrected chi connectivity index (χ2v) is 8.65. The molecule has 0 spiro atoms. The van der Waals surface area contributed by atoms with Crippen LogP contribution < -0.4 is 16.2 Å². The zero-order chi connectivity index (χ0) is 23.6. The summed E-state index contributed by atoms with van der Waals surface area (Å²) in [4.78, 5) is 33.7. The van der Waals surface area contributed by atoms with Crippen molar-refractivity contribution in [3.05, 3.63) is 42.5 Å². The number of fused-ring (bicyclic) bond motifs is 1. The number of guanidine groups is 1. The van der Waals surface area contributed by atoms with E-state index in [2.05, 4.69) is 34.0 Å². The van der Waals surface area contributed by atoms with E-state index in [1.807, 2.05) is 18.2 Å². The number of nitrogens with one attached hydrogen (secondary N) is 1. The summed E-state index contributed by atoms with van der Waals surface area (Å²) in [7, 11) is 0. The summed E-state index contributed by atoms with van der Waals surface area (Å²) in [5, 5.41) is 2.32. The average Bonchev–Trinajstić information content (AvgIpc) is 2.83. The summed E-state index contributed by atoms with van der Waals surface area (Å²) in [6.45, 7) is 4.46. The van der Waals surface area contributed by atoms with Crippen LogP contribution in [-0.4, -0.2) is 73.1 Å². The monoisotopic (exact) mass is 472 g/mol. The first-order valence-corrected chi connectivity index (χ1v) is 12.0. The molecule has 9 nitrogen and oxygen atoms in total. The molecule has 1 unspecified atom stereocenters. The Morgan fingerprint density at radius 1 is 1.09 bits per heavy atom. The molecule has 2 amide bonds. The lowest BCUT2D eigenvalue weighted by Crippen LogP contribution is -2.54. The van der Waals surface area contributed by atoms with E-state index < -0.39 is 6.04 Å². The summed E-state index contributed by atoms with van der Waals surface area (Å²) in [5.41, 5.74) is 10.8. The number of piperazine rings is 1. The smallest absolute Gasteiger partial charge is 0.409 e. The summed E-state index contributed by atoms with van der Waals surface area (Å²) in [6, 6.07) is 14.0. The topological polar surface area (TPSA) is 126 Å². The van der Waals surface area contributed by atoms with Crippen molar-refractivity contribution in [2.45, 2.75) is 30.7 Å². The van der Waals surface area contributed by atoms with Crippen LogP contribution in [-0.2, 0) is 9.53 Å². The molecular weight excluding hydrogens is 440 g/mol. The van der Waals surface area contributed by atoms with Gasteiger partial charge in [0.25, 0.3) is 0 Å². The normalized spacial score (nSPS) is 14.7. The predicted octanol–water partition coefficient (Wildman–Crippen LogP) is 2.16. The molecule has 10 heteroatoms. The van der Waals surface area contributed by atoms with E-state index in [4.69, 9.17) is 16.2 Å². The van der Waals surface area contributed by atoms with Crippen LogP contribution in [0.3, 0.4) is 0 Å². The van der Waals surface area contributed by atoms with E-state index >= 15 is 0 Å². The van der Waals surface area contributed by atoms with Gasteiger partial charge in [0.05, 0.1) is 12.6 Å². The molecule has 0 bridgehead atoms. The maximum atomic E-state index is 13.3. The number of nitrogens with two attached hydrogens (primary N) is 2. The first-order chi connectivity index (χ1) is 16.0. The average molecular weight is 473 g/mol. The highest BCUT2D eigenvalue weighted by atomic mass is 32.2. The highest BCUT2D eigenvalue weighted by Crippen LogP contribution is 2.23. The number of ether oxygens (including phenoxy) is 1. The highest BCUT2D eigenvalue weighted by molar-refractivity contribution is 7.97. The largest absolute Gasteiger partial charge is 0.450 e. The van der Waals surface area contributed by atoms with Crippen molar-refractivity contribution in [1.29, 1.82) is 0 Å². The van der Waals surface area contributed by atoms with E-state index in [9.17, 15) is 9.59 Å². The molecule has 1 aliphatic heterocycles. The number of hydrogen-bond donors (Lipinski definition) is 3. The van der Waals surface area contributed by atoms with Gasteiger partial charge in [-0.15, -0.1) is 0 Å². The van der Waals surface area contributed by atoms with E-state index in [0.29, 0.717) is 52.2 Å². The minimum absolute atomic E-state index is 0.0106. The van der Waals surface area contributed by atoms with Crippen LogP contribution >= 0.6 is 11.9 Å². The molecule has 178 valence electrons. The van der Waals surface area contributed by atoms with Crippen molar-refractivity contribution in [3.63, 3.8) is 0 Å². The number of hydrogen-bond acceptors (Lipinski definition) is 6. The fourth-order valence-electron chi connectivity index (χ4n) is 3.65. The van der Waals surface area contributed by atoms with Crippen LogP contribution in [0.25, 0.3) is 10.8 Å². The molecule has 1 saturated heterocycles. The third-order valence-corrected chi connectivity index (χ3v) is 6.29. The Bertz CT molecular complexity index is 974. The number of carbonyl (C=O) groups is 2. The van der Waals surface area contributed by atoms with Crippen LogP contribution in [0.2, 0.25) is 0 Å². The summed E-state index contributed by atoms with van der Waals surface area (Å²) in [5.74, 6) is 0.0583. The van der Waals surface area contributed by atoms with Gasteiger partial charge in [0.15, 0.2) is 5.96 Å². The minimum Gasteiger partial charge on any atom is -0.450 e. The summed E-state index contributed by atoms with van der Waals surface area (Å²) < 4.78 is 8.41. The Labute approximate surface area is 198 Å². The van der Waals surface area contributed by atoms with Gasteiger partial charge in [-0.05, 0) is 54.6 Å². The van der Waals surface area contributed by atoms with Gasteiger partial charge in [0, 0.05) is 37.6 Å². The standard InChI is InChI=1S/C23H32N6O3S/c1-2-32-23(31)29-14-12-28(13-15-29)21(30)20(8-5-11-26-22(24)25)27-33-19-10-9-17-6-3-4-7-18(17)16-19/h3-4,6-7,9-10,16,20,27H,2,5,8,11-15H2,1H3,(H4,24,25,26). The van der Waals surface area contributed by atoms with Crippen molar-refractivity contribution in [1.82, 2.24) is 14.5 Å². The van der Waals surface area contributed by atoms with E-state index in [-0.39, 0.29) is 18.0 Å². The first kappa shape index (κ1) is 24.7. The van der Waals surface area contributed by atoms with E-state index in [0.717, 1.165) is 10.3 Å². The third-order valence-electron chi connectivity index (χ3n) is 5.40. The molecule has 3 rings (SSSR count). The maximum absolute atomic E-state index is 13.3. The van der Waals surface area contributed by atoms with Crippen molar-refractivity contribution in [3.8, 4) is 0 Å². The number of amides is 2. The zero-order valence-electron chi connectivity index (χ0n) is 18.9. The van der Waals surface area contributed by atoms with Crippen molar-refractivity contribution < 1.29 is 14.3 Å². The Morgan fingerprint density at radius 3 is 2.48 bits per heavy atom. The number of aliphatic imine (C=N–C) groups is 1. The fourth-order valence-corrected chi connectivity index (χ4v) is 4.47. The van der Waals surface area contributed by atoms with E-state index in [1.54, 1.807) is 16.7 Å². The van der Waals surface area contributed by atoms with Gasteiger partial charge in [0.2, 0.25) is 5.91 Å². The van der Waals surface area contributed by atoms with Gasteiger partial charge in [-0.2, -0.15) is 0 Å². The molecular formula is C23H32N6O3S. The van der Waals surface area contributed by atoms with Crippen molar-refractivity contribution in [2.24, 2.45) is 16.5 Å². The molecule has 1 fully saturated rings. The SMILES string of the molecule is CCOC(=O)N1CCN(C(=O)C(CCCN=C(N)N)NSc2ccc3ccccc3c2)CC1. The van der Waals surface area contributed by atoms with Crippen LogP contribution in [0.1, 0.15) is 19.8 Å². The van der Waals surface area contributed by atoms with Gasteiger partial charge in [0.1, 0.15) is 0 Å². The Balaban J connectivity index is 1.62. The Morgan fingerprint density at radius 2 is 1.79 bits per heavy atom. The molecule has 5 N–H and O–H groups in total. The first-order valence-electron chi connectivity index (χ1n) is 11.1. The fraction of sp³-hybridized carbons (Fsp3) is 0.435. The second-order valence-electron chi connectivity index (χ2n) is 7.74. The van der Waals surface area contributed by atoms with Gasteiger partial charge in [-0.1, -0.05) is 30.3 Å². The molecule has 2 aromatic rings. The lowest BCUT2D eigenvalue weighted by atomic mass is 10.1. The predicted molar refractivity (Wildman–Crippen MR) is 132 cm³/mol. The van der Waals surface area contributed by atoms with Crippen LogP contribution in [0.5, 0.6) is 0 Å². The van der Waals surface area contributed by atoms with Crippen molar-refractivity contribution >= 4 is 40.7 Å². The summed E-state index contributed by atoms with van der Waals surface area (Å²) in [6.07, 6.45) is 0.930. The number of nitrogens with zero attached hydrogens (tertiary/aromatic N) is 3. The number of carbonyl (C=O) groups excluding carboxylic acids is 2. The highest BCUT2D eigenvalue weighted by Gasteiger charge is 2.29. The van der Waals surface area contributed by atoms with E-state index in [1.165, 1.54) is 17.3 Å². The van der Waals surface area contributed by atoms with Gasteiger partial charge in [-0.25, -0.2) is 9.52 Å². The van der Waals surface area contributed by atoms with Gasteiger partial charge >= 0.3 is 6.09 Å². The zero-order valence-corrected chi connectivity index (χ0v) is 19.7. The molecule has 0 aromatic heterocycles. The maximum Gasteiger partial charge on any atom is 0.409 e. The van der Waals surface area contributed by atoms with Crippen LogP contribution in [0.4, 0.5) is 4.79 Å². The molecule has 2 aromatic carbocycles. The lowest BCUT2D eigenvalue weighted by molar-refractivity contribution is -0.134. The molecule has 0 saturated carbocycles. The van der Waals surface area contributed by atoms with Gasteiger partial charge in [-0.3, -0.25) is 9.79 Å². The Hall–Kier alpha value is -2.98. The van der Waals surface area contributed by atoms with Crippen LogP contribution in [0, 0.1) is 0 Å². The third kappa shape index (κ3) is 7.26.